The van der Waals surface area contributed by atoms with E-state index < -0.39 is 17.9 Å². The molecule has 156 valence electrons. The van der Waals surface area contributed by atoms with Gasteiger partial charge in [0.05, 0.1) is 0 Å². The molecule has 0 unspecified atom stereocenters. The van der Waals surface area contributed by atoms with Crippen LogP contribution in [0.1, 0.15) is 15.9 Å². The van der Waals surface area contributed by atoms with E-state index in [2.05, 4.69) is 19.7 Å². The second-order valence-corrected chi connectivity index (χ2v) is 5.80. The molecule has 31 heavy (non-hydrogen) atoms. The molecule has 0 aromatic heterocycles. The first-order valence-electron chi connectivity index (χ1n) is 8.85. The summed E-state index contributed by atoms with van der Waals surface area (Å²) in [4.78, 5) is 46.6. The van der Waals surface area contributed by atoms with Crippen molar-refractivity contribution >= 4 is 29.8 Å². The van der Waals surface area contributed by atoms with Crippen LogP contribution in [0.3, 0.4) is 0 Å². The zero-order chi connectivity index (χ0) is 22.8. The molecule has 0 fully saturated rings. The van der Waals surface area contributed by atoms with E-state index in [0.717, 1.165) is 18.2 Å². The van der Waals surface area contributed by atoms with Gasteiger partial charge in [-0.2, -0.15) is 0 Å². The predicted molar refractivity (Wildman–Crippen MR) is 114 cm³/mol. The lowest BCUT2D eigenvalue weighted by atomic mass is 10.1. The molecule has 0 aliphatic rings. The fourth-order valence-corrected chi connectivity index (χ4v) is 2.21. The molecule has 7 nitrogen and oxygen atoms in total. The van der Waals surface area contributed by atoms with Crippen molar-refractivity contribution in [3.63, 3.8) is 0 Å². The van der Waals surface area contributed by atoms with Crippen molar-refractivity contribution < 1.29 is 33.4 Å². The Morgan fingerprint density at radius 2 is 1.23 bits per heavy atom. The Morgan fingerprint density at radius 3 is 1.81 bits per heavy atom. The Balaban J connectivity index is 2.19. The van der Waals surface area contributed by atoms with Crippen LogP contribution in [0.25, 0.3) is 6.08 Å². The van der Waals surface area contributed by atoms with Gasteiger partial charge in [0.15, 0.2) is 17.3 Å². The maximum atomic E-state index is 12.4. The lowest BCUT2D eigenvalue weighted by Crippen LogP contribution is -2.08. The number of carbonyl (C=O) groups is 4. The normalized spacial score (nSPS) is 10.1. The Bertz CT molecular complexity index is 1080. The van der Waals surface area contributed by atoms with Crippen LogP contribution in [0.2, 0.25) is 0 Å². The number of ether oxygens (including phenoxy) is 3. The molecule has 0 atom stereocenters. The number of hydrogen-bond donors (Lipinski definition) is 0. The van der Waals surface area contributed by atoms with Crippen LogP contribution in [0.15, 0.2) is 86.5 Å². The summed E-state index contributed by atoms with van der Waals surface area (Å²) >= 11 is 0. The third-order valence-corrected chi connectivity index (χ3v) is 3.67. The van der Waals surface area contributed by atoms with Gasteiger partial charge in [0, 0.05) is 23.8 Å². The van der Waals surface area contributed by atoms with E-state index in [1.807, 2.05) is 0 Å². The predicted octanol–water partition coefficient (Wildman–Crippen LogP) is 3.86. The number of benzene rings is 2. The second kappa shape index (κ2) is 10.9. The van der Waals surface area contributed by atoms with Gasteiger partial charge in [-0.15, -0.1) is 0 Å². The van der Waals surface area contributed by atoms with Gasteiger partial charge in [-0.05, 0) is 48.0 Å². The molecule has 0 N–H and O–H groups in total. The number of esters is 3. The summed E-state index contributed by atoms with van der Waals surface area (Å²) in [6.45, 7) is 9.93. The molecular weight excluding hydrogens is 400 g/mol. The first-order valence-corrected chi connectivity index (χ1v) is 8.85. The summed E-state index contributed by atoms with van der Waals surface area (Å²) in [5.41, 5.74) is 0.875. The van der Waals surface area contributed by atoms with E-state index in [0.29, 0.717) is 11.1 Å². The standard InChI is InChI=1S/C24H18O7/c1-4-22(26)29-18-11-9-17(10-12-18)19(25)13-7-16-8-14-20(30-23(27)5-2)21(15-16)31-24(28)6-3/h4-15H,1-3H2/b13-7+. The van der Waals surface area contributed by atoms with Crippen LogP contribution in [-0.4, -0.2) is 23.7 Å². The lowest BCUT2D eigenvalue weighted by Gasteiger charge is -2.09. The summed E-state index contributed by atoms with van der Waals surface area (Å²) < 4.78 is 15.1. The summed E-state index contributed by atoms with van der Waals surface area (Å²) in [5, 5.41) is 0. The molecule has 0 spiro atoms. The zero-order valence-corrected chi connectivity index (χ0v) is 16.4. The maximum absolute atomic E-state index is 12.4. The first kappa shape index (κ1) is 22.8. The molecule has 0 radical (unpaired) electrons. The highest BCUT2D eigenvalue weighted by Crippen LogP contribution is 2.29. The number of hydrogen-bond acceptors (Lipinski definition) is 7. The SMILES string of the molecule is C=CC(=O)Oc1ccc(C(=O)/C=C/c2ccc(OC(=O)C=C)c(OC(=O)C=C)c2)cc1. The van der Waals surface area contributed by atoms with Crippen molar-refractivity contribution in [3.8, 4) is 17.2 Å². The van der Waals surface area contributed by atoms with Gasteiger partial charge in [-0.1, -0.05) is 31.9 Å². The molecule has 0 aliphatic carbocycles. The molecular formula is C24H18O7. The van der Waals surface area contributed by atoms with Crippen molar-refractivity contribution in [3.05, 3.63) is 97.6 Å². The van der Waals surface area contributed by atoms with E-state index in [1.165, 1.54) is 48.6 Å². The largest absolute Gasteiger partial charge is 0.423 e. The molecule has 0 bridgehead atoms. The van der Waals surface area contributed by atoms with Crippen molar-refractivity contribution in [2.24, 2.45) is 0 Å². The van der Waals surface area contributed by atoms with E-state index in [9.17, 15) is 19.2 Å². The van der Waals surface area contributed by atoms with Gasteiger partial charge in [0.1, 0.15) is 5.75 Å². The highest BCUT2D eigenvalue weighted by atomic mass is 16.6. The van der Waals surface area contributed by atoms with Crippen molar-refractivity contribution in [2.75, 3.05) is 0 Å². The number of carbonyl (C=O) groups excluding carboxylic acids is 4. The zero-order valence-electron chi connectivity index (χ0n) is 16.4. The molecule has 2 aromatic carbocycles. The molecule has 0 heterocycles. The van der Waals surface area contributed by atoms with Gasteiger partial charge in [-0.25, -0.2) is 14.4 Å². The Kier molecular flexibility index (Phi) is 7.98. The molecule has 0 aliphatic heterocycles. The van der Waals surface area contributed by atoms with Crippen LogP contribution in [0.4, 0.5) is 0 Å². The molecule has 0 amide bonds. The fourth-order valence-electron chi connectivity index (χ4n) is 2.21. The van der Waals surface area contributed by atoms with Crippen molar-refractivity contribution in [1.82, 2.24) is 0 Å². The lowest BCUT2D eigenvalue weighted by molar-refractivity contribution is -0.131. The summed E-state index contributed by atoms with van der Waals surface area (Å²) in [5.74, 6) is -2.12. The number of rotatable bonds is 9. The number of ketones is 1. The maximum Gasteiger partial charge on any atom is 0.335 e. The van der Waals surface area contributed by atoms with Gasteiger partial charge in [-0.3, -0.25) is 4.79 Å². The van der Waals surface area contributed by atoms with E-state index in [-0.39, 0.29) is 23.0 Å². The third-order valence-electron chi connectivity index (χ3n) is 3.67. The highest BCUT2D eigenvalue weighted by Gasteiger charge is 2.12. The Morgan fingerprint density at radius 1 is 0.677 bits per heavy atom. The third kappa shape index (κ3) is 6.79. The van der Waals surface area contributed by atoms with Gasteiger partial charge >= 0.3 is 17.9 Å². The summed E-state index contributed by atoms with van der Waals surface area (Å²) in [6.07, 6.45) is 5.77. The molecule has 0 saturated heterocycles. The minimum atomic E-state index is -0.745. The fraction of sp³-hybridized carbons (Fsp3) is 0. The average Bonchev–Trinajstić information content (AvgIpc) is 2.78. The van der Waals surface area contributed by atoms with Crippen molar-refractivity contribution in [2.45, 2.75) is 0 Å². The average molecular weight is 418 g/mol. The van der Waals surface area contributed by atoms with Crippen LogP contribution in [0, 0.1) is 0 Å². The van der Waals surface area contributed by atoms with E-state index in [1.54, 1.807) is 6.07 Å². The topological polar surface area (TPSA) is 96.0 Å². The van der Waals surface area contributed by atoms with Crippen molar-refractivity contribution in [1.29, 1.82) is 0 Å². The number of allylic oxidation sites excluding steroid dienone is 1. The highest BCUT2D eigenvalue weighted by molar-refractivity contribution is 6.07. The van der Waals surface area contributed by atoms with Crippen LogP contribution < -0.4 is 14.2 Å². The smallest absolute Gasteiger partial charge is 0.335 e. The molecule has 2 rings (SSSR count). The Hall–Kier alpha value is -4.52. The van der Waals surface area contributed by atoms with Crippen LogP contribution >= 0.6 is 0 Å². The summed E-state index contributed by atoms with van der Waals surface area (Å²) in [6, 6.07) is 10.4. The minimum absolute atomic E-state index is 0.00763. The quantitative estimate of drug-likeness (QED) is 0.264. The van der Waals surface area contributed by atoms with Crippen LogP contribution in [-0.2, 0) is 14.4 Å². The van der Waals surface area contributed by atoms with Gasteiger partial charge in [0.25, 0.3) is 0 Å². The Labute approximate surface area is 178 Å². The minimum Gasteiger partial charge on any atom is -0.423 e. The summed E-state index contributed by atoms with van der Waals surface area (Å²) in [7, 11) is 0. The van der Waals surface area contributed by atoms with Crippen LogP contribution in [0.5, 0.6) is 17.2 Å². The van der Waals surface area contributed by atoms with E-state index in [4.69, 9.17) is 14.2 Å². The molecule has 0 saturated carbocycles. The molecule has 7 heteroatoms. The molecule has 2 aromatic rings. The van der Waals surface area contributed by atoms with Gasteiger partial charge in [0.2, 0.25) is 0 Å². The van der Waals surface area contributed by atoms with E-state index >= 15 is 0 Å². The second-order valence-electron chi connectivity index (χ2n) is 5.80. The van der Waals surface area contributed by atoms with Gasteiger partial charge < -0.3 is 14.2 Å². The monoisotopic (exact) mass is 418 g/mol. The first-order chi connectivity index (χ1) is 14.9.